The average Bonchev–Trinajstić information content (AvgIpc) is 2.33. The summed E-state index contributed by atoms with van der Waals surface area (Å²) in [5.41, 5.74) is 1.12. The largest absolute Gasteiger partial charge is 0.342 e. The van der Waals surface area contributed by atoms with Crippen LogP contribution in [0.15, 0.2) is 24.3 Å². The number of aryl methyl sites for hydroxylation is 1. The second-order valence-corrected chi connectivity index (χ2v) is 2.97. The fourth-order valence-electron chi connectivity index (χ4n) is 1.17. The molecule has 0 aliphatic rings. The van der Waals surface area contributed by atoms with E-state index in [4.69, 9.17) is 11.6 Å². The van der Waals surface area contributed by atoms with Crippen LogP contribution in [0.3, 0.4) is 0 Å². The number of halogens is 1. The lowest BCUT2D eigenvalue weighted by Crippen LogP contribution is -1.82. The molecule has 55 valence electrons. The molecule has 2 heteroatoms. The summed E-state index contributed by atoms with van der Waals surface area (Å²) in [6.45, 7) is 0. The second-order valence-electron chi connectivity index (χ2n) is 2.54. The molecule has 0 saturated heterocycles. The second kappa shape index (κ2) is 2.28. The summed E-state index contributed by atoms with van der Waals surface area (Å²) in [5.74, 6) is 0. The maximum atomic E-state index is 5.82. The van der Waals surface area contributed by atoms with Crippen molar-refractivity contribution in [2.75, 3.05) is 0 Å². The van der Waals surface area contributed by atoms with Gasteiger partial charge in [0.15, 0.2) is 0 Å². The van der Waals surface area contributed by atoms with E-state index in [1.165, 1.54) is 5.39 Å². The lowest BCUT2D eigenvalue weighted by Gasteiger charge is -1.94. The van der Waals surface area contributed by atoms with Gasteiger partial charge in [0.25, 0.3) is 0 Å². The molecule has 1 heterocycles. The Bertz CT molecular complexity index is 389. The summed E-state index contributed by atoms with van der Waals surface area (Å²) < 4.78 is 1.93. The topological polar surface area (TPSA) is 4.93 Å². The van der Waals surface area contributed by atoms with E-state index in [-0.39, 0.29) is 0 Å². The molecule has 0 aliphatic carbocycles. The van der Waals surface area contributed by atoms with Crippen molar-refractivity contribution in [1.29, 1.82) is 0 Å². The minimum Gasteiger partial charge on any atom is -0.342 e. The number of hydrogen-bond donors (Lipinski definition) is 0. The van der Waals surface area contributed by atoms with Crippen LogP contribution in [0.25, 0.3) is 10.9 Å². The quantitative estimate of drug-likeness (QED) is 0.564. The Morgan fingerprint density at radius 1 is 1.45 bits per heavy atom. The van der Waals surface area contributed by atoms with Crippen LogP contribution < -0.4 is 0 Å². The molecule has 0 atom stereocenters. The minimum absolute atomic E-state index is 0.771. The van der Waals surface area contributed by atoms with Crippen LogP contribution in [0.2, 0.25) is 5.02 Å². The van der Waals surface area contributed by atoms with Gasteiger partial charge in [-0.15, -0.1) is 0 Å². The SMILES string of the molecule is Cn1[c]cc2ccc(Cl)cc21. The standard InChI is InChI=1S/C9H7ClN/c1-11-5-4-7-2-3-8(10)6-9(7)11/h2-4,6H,1H3. The highest BCUT2D eigenvalue weighted by atomic mass is 35.5. The number of rotatable bonds is 0. The summed E-state index contributed by atoms with van der Waals surface area (Å²) in [4.78, 5) is 0. The Morgan fingerprint density at radius 2 is 2.27 bits per heavy atom. The van der Waals surface area contributed by atoms with Gasteiger partial charge in [-0.2, -0.15) is 0 Å². The first-order chi connectivity index (χ1) is 5.27. The van der Waals surface area contributed by atoms with Crippen LogP contribution in [0.4, 0.5) is 0 Å². The first kappa shape index (κ1) is 6.74. The van der Waals surface area contributed by atoms with Crippen molar-refractivity contribution < 1.29 is 0 Å². The zero-order chi connectivity index (χ0) is 7.84. The van der Waals surface area contributed by atoms with Gasteiger partial charge in [-0.1, -0.05) is 17.7 Å². The molecule has 0 amide bonds. The van der Waals surface area contributed by atoms with Gasteiger partial charge in [-0.25, -0.2) is 0 Å². The number of hydrogen-bond acceptors (Lipinski definition) is 0. The number of benzene rings is 1. The molecule has 11 heavy (non-hydrogen) atoms. The zero-order valence-corrected chi connectivity index (χ0v) is 6.89. The smallest absolute Gasteiger partial charge is 0.0656 e. The van der Waals surface area contributed by atoms with Gasteiger partial charge >= 0.3 is 0 Å². The van der Waals surface area contributed by atoms with Gasteiger partial charge < -0.3 is 4.57 Å². The van der Waals surface area contributed by atoms with Crippen molar-refractivity contribution in [2.24, 2.45) is 7.05 Å². The highest BCUT2D eigenvalue weighted by molar-refractivity contribution is 6.31. The predicted molar refractivity (Wildman–Crippen MR) is 46.8 cm³/mol. The van der Waals surface area contributed by atoms with Gasteiger partial charge in [-0.05, 0) is 18.2 Å². The molecule has 0 fully saturated rings. The summed E-state index contributed by atoms with van der Waals surface area (Å²) in [7, 11) is 1.96. The van der Waals surface area contributed by atoms with Crippen LogP contribution in [-0.2, 0) is 7.05 Å². The minimum atomic E-state index is 0.771. The molecule has 1 nitrogen and oxygen atoms in total. The van der Waals surface area contributed by atoms with Crippen molar-refractivity contribution in [1.82, 2.24) is 4.57 Å². The molecule has 1 radical (unpaired) electrons. The number of nitrogens with zero attached hydrogens (tertiary/aromatic N) is 1. The third-order valence-corrected chi connectivity index (χ3v) is 2.00. The normalized spacial score (nSPS) is 10.7. The molecule has 0 bridgehead atoms. The summed E-state index contributed by atoms with van der Waals surface area (Å²) in [6, 6.07) is 7.77. The highest BCUT2D eigenvalue weighted by Crippen LogP contribution is 2.18. The average molecular weight is 165 g/mol. The first-order valence-corrected chi connectivity index (χ1v) is 3.78. The van der Waals surface area contributed by atoms with Crippen molar-refractivity contribution in [2.45, 2.75) is 0 Å². The van der Waals surface area contributed by atoms with Crippen LogP contribution in [0.1, 0.15) is 0 Å². The third-order valence-electron chi connectivity index (χ3n) is 1.77. The molecule has 0 aliphatic heterocycles. The van der Waals surface area contributed by atoms with Crippen LogP contribution in [0, 0.1) is 6.20 Å². The third kappa shape index (κ3) is 1.02. The predicted octanol–water partition coefficient (Wildman–Crippen LogP) is 2.63. The molecular weight excluding hydrogens is 158 g/mol. The maximum absolute atomic E-state index is 5.82. The van der Waals surface area contributed by atoms with Gasteiger partial charge in [-0.3, -0.25) is 0 Å². The molecule has 0 N–H and O–H groups in total. The van der Waals surface area contributed by atoms with Gasteiger partial charge in [0, 0.05) is 23.0 Å². The Kier molecular flexibility index (Phi) is 1.40. The summed E-state index contributed by atoms with van der Waals surface area (Å²) in [5, 5.41) is 1.95. The van der Waals surface area contributed by atoms with Gasteiger partial charge in [0.1, 0.15) is 0 Å². The molecule has 0 unspecified atom stereocenters. The Hall–Kier alpha value is -0.950. The zero-order valence-electron chi connectivity index (χ0n) is 6.13. The number of fused-ring (bicyclic) bond motifs is 1. The molecule has 2 aromatic rings. The molecular formula is C9H7ClN. The van der Waals surface area contributed by atoms with Crippen LogP contribution in [-0.4, -0.2) is 4.57 Å². The monoisotopic (exact) mass is 164 g/mol. The molecule has 0 spiro atoms. The van der Waals surface area contributed by atoms with E-state index in [1.54, 1.807) is 0 Å². The highest BCUT2D eigenvalue weighted by Gasteiger charge is 1.97. The van der Waals surface area contributed by atoms with E-state index in [0.29, 0.717) is 0 Å². The Labute approximate surface area is 70.2 Å². The van der Waals surface area contributed by atoms with E-state index < -0.39 is 0 Å². The van der Waals surface area contributed by atoms with Gasteiger partial charge in [0.05, 0.1) is 6.20 Å². The van der Waals surface area contributed by atoms with Crippen LogP contribution in [0.5, 0.6) is 0 Å². The fourth-order valence-corrected chi connectivity index (χ4v) is 1.33. The van der Waals surface area contributed by atoms with E-state index in [9.17, 15) is 0 Å². The summed E-state index contributed by atoms with van der Waals surface area (Å²) >= 11 is 5.82. The van der Waals surface area contributed by atoms with E-state index in [1.807, 2.05) is 35.9 Å². The molecule has 1 aromatic heterocycles. The maximum Gasteiger partial charge on any atom is 0.0656 e. The first-order valence-electron chi connectivity index (χ1n) is 3.40. The van der Waals surface area contributed by atoms with Crippen LogP contribution >= 0.6 is 11.6 Å². The van der Waals surface area contributed by atoms with E-state index in [2.05, 4.69) is 6.20 Å². The lowest BCUT2D eigenvalue weighted by atomic mass is 10.2. The van der Waals surface area contributed by atoms with Crippen molar-refractivity contribution in [3.8, 4) is 0 Å². The molecule has 0 saturated carbocycles. The number of aromatic nitrogens is 1. The Balaban J connectivity index is 2.87. The van der Waals surface area contributed by atoms with E-state index in [0.717, 1.165) is 10.5 Å². The van der Waals surface area contributed by atoms with Crippen molar-refractivity contribution in [3.05, 3.63) is 35.5 Å². The fraction of sp³-hybridized carbons (Fsp3) is 0.111. The molecule has 1 aromatic carbocycles. The van der Waals surface area contributed by atoms with Gasteiger partial charge in [0.2, 0.25) is 0 Å². The van der Waals surface area contributed by atoms with Crippen molar-refractivity contribution in [3.63, 3.8) is 0 Å². The molecule has 2 rings (SSSR count). The van der Waals surface area contributed by atoms with Crippen molar-refractivity contribution >= 4 is 22.5 Å². The van der Waals surface area contributed by atoms with E-state index >= 15 is 0 Å². The lowest BCUT2D eigenvalue weighted by molar-refractivity contribution is 0.960. The summed E-state index contributed by atoms with van der Waals surface area (Å²) in [6.07, 6.45) is 3.06. The Morgan fingerprint density at radius 3 is 3.09 bits per heavy atom.